The van der Waals surface area contributed by atoms with Gasteiger partial charge in [-0.05, 0) is 42.8 Å². The number of rotatable bonds is 6. The standard InChI is InChI=1S/C21H20N4O4/c1-13-9-17(20(26)24-15-5-8-18-19(10-15)29-12-28-18)25-21(23-13)22-11-14-3-6-16(27-2)7-4-14/h3-10H,11-12H2,1-2H3,(H,24,26)(H,22,23,25). The maximum atomic E-state index is 12.6. The normalized spacial score (nSPS) is 11.8. The van der Waals surface area contributed by atoms with Crippen molar-refractivity contribution in [3.05, 3.63) is 65.5 Å². The summed E-state index contributed by atoms with van der Waals surface area (Å²) in [4.78, 5) is 21.3. The Kier molecular flexibility index (Phi) is 5.15. The maximum absolute atomic E-state index is 12.6. The predicted molar refractivity (Wildman–Crippen MR) is 108 cm³/mol. The van der Waals surface area contributed by atoms with Crippen LogP contribution in [0.3, 0.4) is 0 Å². The van der Waals surface area contributed by atoms with Crippen LogP contribution in [0.4, 0.5) is 11.6 Å². The first-order chi connectivity index (χ1) is 14.1. The Morgan fingerprint density at radius 1 is 1.07 bits per heavy atom. The molecule has 2 heterocycles. The number of aromatic nitrogens is 2. The molecule has 1 aromatic heterocycles. The van der Waals surface area contributed by atoms with E-state index < -0.39 is 0 Å². The number of aryl methyl sites for hydroxylation is 1. The molecular weight excluding hydrogens is 372 g/mol. The van der Waals surface area contributed by atoms with Crippen molar-refractivity contribution in [2.45, 2.75) is 13.5 Å². The first-order valence-electron chi connectivity index (χ1n) is 9.04. The topological polar surface area (TPSA) is 94.6 Å². The van der Waals surface area contributed by atoms with Crippen LogP contribution in [-0.2, 0) is 6.54 Å². The highest BCUT2D eigenvalue weighted by molar-refractivity contribution is 6.03. The van der Waals surface area contributed by atoms with Gasteiger partial charge in [-0.1, -0.05) is 12.1 Å². The fourth-order valence-electron chi connectivity index (χ4n) is 2.86. The van der Waals surface area contributed by atoms with Gasteiger partial charge in [0.2, 0.25) is 12.7 Å². The van der Waals surface area contributed by atoms with Crippen molar-refractivity contribution in [2.24, 2.45) is 0 Å². The molecule has 2 N–H and O–H groups in total. The lowest BCUT2D eigenvalue weighted by Crippen LogP contribution is -2.16. The fraction of sp³-hybridized carbons (Fsp3) is 0.190. The average molecular weight is 392 g/mol. The van der Waals surface area contributed by atoms with Gasteiger partial charge in [0.15, 0.2) is 11.5 Å². The Morgan fingerprint density at radius 2 is 1.86 bits per heavy atom. The zero-order valence-corrected chi connectivity index (χ0v) is 16.1. The first-order valence-corrected chi connectivity index (χ1v) is 9.04. The molecule has 0 spiro atoms. The number of amides is 1. The third kappa shape index (κ3) is 4.37. The van der Waals surface area contributed by atoms with Crippen molar-refractivity contribution in [1.82, 2.24) is 9.97 Å². The average Bonchev–Trinajstić information content (AvgIpc) is 3.20. The van der Waals surface area contributed by atoms with Gasteiger partial charge in [-0.25, -0.2) is 9.97 Å². The largest absolute Gasteiger partial charge is 0.497 e. The maximum Gasteiger partial charge on any atom is 0.274 e. The van der Waals surface area contributed by atoms with Crippen LogP contribution >= 0.6 is 0 Å². The Hall–Kier alpha value is -3.81. The molecule has 29 heavy (non-hydrogen) atoms. The van der Waals surface area contributed by atoms with Gasteiger partial charge >= 0.3 is 0 Å². The summed E-state index contributed by atoms with van der Waals surface area (Å²) < 4.78 is 15.8. The molecule has 8 nitrogen and oxygen atoms in total. The number of hydrogen-bond acceptors (Lipinski definition) is 7. The molecule has 8 heteroatoms. The molecule has 0 atom stereocenters. The Balaban J connectivity index is 1.44. The minimum atomic E-state index is -0.332. The highest BCUT2D eigenvalue weighted by atomic mass is 16.7. The highest BCUT2D eigenvalue weighted by Crippen LogP contribution is 2.34. The molecule has 1 aliphatic rings. The van der Waals surface area contributed by atoms with Gasteiger partial charge in [-0.2, -0.15) is 0 Å². The van der Waals surface area contributed by atoms with Crippen LogP contribution in [-0.4, -0.2) is 29.8 Å². The molecule has 0 unspecified atom stereocenters. The van der Waals surface area contributed by atoms with E-state index in [9.17, 15) is 4.79 Å². The minimum Gasteiger partial charge on any atom is -0.497 e. The van der Waals surface area contributed by atoms with E-state index in [-0.39, 0.29) is 18.4 Å². The molecule has 0 bridgehead atoms. The predicted octanol–water partition coefficient (Wildman–Crippen LogP) is 3.39. The Morgan fingerprint density at radius 3 is 2.66 bits per heavy atom. The Bertz CT molecular complexity index is 1040. The van der Waals surface area contributed by atoms with Crippen LogP contribution in [0.25, 0.3) is 0 Å². The molecular formula is C21H20N4O4. The van der Waals surface area contributed by atoms with Crippen molar-refractivity contribution < 1.29 is 19.0 Å². The summed E-state index contributed by atoms with van der Waals surface area (Å²) in [6, 6.07) is 14.5. The lowest BCUT2D eigenvalue weighted by atomic mass is 10.2. The van der Waals surface area contributed by atoms with E-state index in [4.69, 9.17) is 14.2 Å². The monoisotopic (exact) mass is 392 g/mol. The summed E-state index contributed by atoms with van der Waals surface area (Å²) in [5.74, 6) is 2.11. The van der Waals surface area contributed by atoms with Crippen LogP contribution in [0, 0.1) is 6.92 Å². The SMILES string of the molecule is COc1ccc(CNc2nc(C)cc(C(=O)Nc3ccc4c(c3)OCO4)n2)cc1. The van der Waals surface area contributed by atoms with E-state index in [1.807, 2.05) is 31.2 Å². The molecule has 0 radical (unpaired) electrons. The smallest absolute Gasteiger partial charge is 0.274 e. The number of nitrogens with zero attached hydrogens (tertiary/aromatic N) is 2. The van der Waals surface area contributed by atoms with E-state index in [1.54, 1.807) is 31.4 Å². The van der Waals surface area contributed by atoms with Crippen molar-refractivity contribution >= 4 is 17.5 Å². The number of ether oxygens (including phenoxy) is 3. The number of fused-ring (bicyclic) bond motifs is 1. The van der Waals surface area contributed by atoms with E-state index in [2.05, 4.69) is 20.6 Å². The second-order valence-corrected chi connectivity index (χ2v) is 6.44. The number of benzene rings is 2. The van der Waals surface area contributed by atoms with Gasteiger partial charge < -0.3 is 24.8 Å². The number of methoxy groups -OCH3 is 1. The van der Waals surface area contributed by atoms with Gasteiger partial charge in [-0.15, -0.1) is 0 Å². The van der Waals surface area contributed by atoms with E-state index >= 15 is 0 Å². The van der Waals surface area contributed by atoms with Crippen LogP contribution < -0.4 is 24.8 Å². The zero-order valence-electron chi connectivity index (χ0n) is 16.1. The number of carbonyl (C=O) groups is 1. The quantitative estimate of drug-likeness (QED) is 0.664. The van der Waals surface area contributed by atoms with Gasteiger partial charge in [-0.3, -0.25) is 4.79 Å². The molecule has 1 aliphatic heterocycles. The first kappa shape index (κ1) is 18.5. The van der Waals surface area contributed by atoms with E-state index in [0.29, 0.717) is 35.4 Å². The van der Waals surface area contributed by atoms with Crippen LogP contribution in [0.1, 0.15) is 21.7 Å². The summed E-state index contributed by atoms with van der Waals surface area (Å²) in [7, 11) is 1.63. The number of anilines is 2. The third-order valence-electron chi connectivity index (χ3n) is 4.33. The molecule has 4 rings (SSSR count). The molecule has 0 fully saturated rings. The number of hydrogen-bond donors (Lipinski definition) is 2. The van der Waals surface area contributed by atoms with E-state index in [0.717, 1.165) is 11.3 Å². The summed E-state index contributed by atoms with van der Waals surface area (Å²) in [5.41, 5.74) is 2.60. The summed E-state index contributed by atoms with van der Waals surface area (Å²) >= 11 is 0. The summed E-state index contributed by atoms with van der Waals surface area (Å²) in [5, 5.41) is 5.98. The molecule has 0 saturated carbocycles. The molecule has 3 aromatic rings. The second kappa shape index (κ2) is 8.05. The number of nitrogens with one attached hydrogen (secondary N) is 2. The molecule has 2 aromatic carbocycles. The van der Waals surface area contributed by atoms with Gasteiger partial charge in [0.05, 0.1) is 7.11 Å². The summed E-state index contributed by atoms with van der Waals surface area (Å²) in [6.45, 7) is 2.52. The lowest BCUT2D eigenvalue weighted by Gasteiger charge is -2.10. The van der Waals surface area contributed by atoms with Gasteiger partial charge in [0.25, 0.3) is 5.91 Å². The molecule has 1 amide bonds. The molecule has 148 valence electrons. The second-order valence-electron chi connectivity index (χ2n) is 6.44. The zero-order chi connectivity index (χ0) is 20.2. The van der Waals surface area contributed by atoms with Gasteiger partial charge in [0, 0.05) is 24.0 Å². The minimum absolute atomic E-state index is 0.182. The van der Waals surface area contributed by atoms with Crippen LogP contribution in [0.2, 0.25) is 0 Å². The highest BCUT2D eigenvalue weighted by Gasteiger charge is 2.16. The Labute approximate surface area is 167 Å². The lowest BCUT2D eigenvalue weighted by molar-refractivity contribution is 0.102. The third-order valence-corrected chi connectivity index (χ3v) is 4.33. The van der Waals surface area contributed by atoms with E-state index in [1.165, 1.54) is 0 Å². The summed E-state index contributed by atoms with van der Waals surface area (Å²) in [6.07, 6.45) is 0. The van der Waals surface area contributed by atoms with Crippen molar-refractivity contribution in [3.63, 3.8) is 0 Å². The fourth-order valence-corrected chi connectivity index (χ4v) is 2.86. The van der Waals surface area contributed by atoms with Gasteiger partial charge in [0.1, 0.15) is 11.4 Å². The van der Waals surface area contributed by atoms with Crippen LogP contribution in [0.5, 0.6) is 17.2 Å². The molecule has 0 saturated heterocycles. The van der Waals surface area contributed by atoms with Crippen molar-refractivity contribution in [3.8, 4) is 17.2 Å². The molecule has 0 aliphatic carbocycles. The van der Waals surface area contributed by atoms with Crippen LogP contribution in [0.15, 0.2) is 48.5 Å². The van der Waals surface area contributed by atoms with Crippen molar-refractivity contribution in [1.29, 1.82) is 0 Å². The number of carbonyl (C=O) groups excluding carboxylic acids is 1. The van der Waals surface area contributed by atoms with Crippen molar-refractivity contribution in [2.75, 3.05) is 24.5 Å².